The molecule has 1 aromatic carbocycles. The van der Waals surface area contributed by atoms with Crippen LogP contribution in [0.2, 0.25) is 0 Å². The number of benzene rings is 1. The highest BCUT2D eigenvalue weighted by Crippen LogP contribution is 2.18. The molecular weight excluding hydrogens is 297 g/mol. The predicted octanol–water partition coefficient (Wildman–Crippen LogP) is 1.94. The van der Waals surface area contributed by atoms with E-state index in [1.807, 2.05) is 0 Å². The van der Waals surface area contributed by atoms with Gasteiger partial charge < -0.3 is 5.11 Å². The number of carboxylic acids is 1. The number of nitrogens with zero attached hydrogens (tertiary/aromatic N) is 1. The monoisotopic (exact) mass is 309 g/mol. The van der Waals surface area contributed by atoms with Gasteiger partial charge in [0.15, 0.2) is 9.84 Å². The quantitative estimate of drug-likeness (QED) is 0.912. The summed E-state index contributed by atoms with van der Waals surface area (Å²) < 4.78 is 38.0. The molecule has 0 spiro atoms. The zero-order valence-corrected chi connectivity index (χ0v) is 11.7. The molecule has 0 aliphatic carbocycles. The first-order valence-corrected chi connectivity index (χ1v) is 7.71. The van der Waals surface area contributed by atoms with Crippen LogP contribution >= 0.6 is 0 Å². The third-order valence-corrected chi connectivity index (χ3v) is 4.61. The molecule has 1 heterocycles. The lowest BCUT2D eigenvalue weighted by Crippen LogP contribution is -2.12. The van der Waals surface area contributed by atoms with E-state index in [-0.39, 0.29) is 17.7 Å². The number of pyridine rings is 1. The fraction of sp³-hybridized carbons (Fsp3) is 0.143. The Balaban J connectivity index is 2.22. The van der Waals surface area contributed by atoms with Gasteiger partial charge in [0.2, 0.25) is 0 Å². The third kappa shape index (κ3) is 3.63. The van der Waals surface area contributed by atoms with Crippen molar-refractivity contribution in [1.82, 2.24) is 4.98 Å². The minimum Gasteiger partial charge on any atom is -0.478 e. The lowest BCUT2D eigenvalue weighted by molar-refractivity contribution is 0.0696. The van der Waals surface area contributed by atoms with Gasteiger partial charge in [-0.1, -0.05) is 6.07 Å². The predicted molar refractivity (Wildman–Crippen MR) is 73.4 cm³/mol. The second kappa shape index (κ2) is 6.01. The first-order valence-electron chi connectivity index (χ1n) is 6.05. The second-order valence-corrected chi connectivity index (χ2v) is 6.42. The smallest absolute Gasteiger partial charge is 0.335 e. The van der Waals surface area contributed by atoms with Crippen LogP contribution in [-0.2, 0) is 16.3 Å². The maximum absolute atomic E-state index is 13.8. The van der Waals surface area contributed by atoms with Gasteiger partial charge in [-0.05, 0) is 30.3 Å². The summed E-state index contributed by atoms with van der Waals surface area (Å²) in [5.74, 6) is -2.67. The largest absolute Gasteiger partial charge is 0.478 e. The molecule has 0 radical (unpaired) electrons. The molecule has 0 aliphatic rings. The third-order valence-electron chi connectivity index (χ3n) is 2.87. The van der Waals surface area contributed by atoms with Crippen LogP contribution in [0.4, 0.5) is 4.39 Å². The van der Waals surface area contributed by atoms with Gasteiger partial charge in [0.1, 0.15) is 10.7 Å². The van der Waals surface area contributed by atoms with Gasteiger partial charge in [-0.25, -0.2) is 17.6 Å². The highest BCUT2D eigenvalue weighted by Gasteiger charge is 2.20. The van der Waals surface area contributed by atoms with Crippen molar-refractivity contribution < 1.29 is 22.7 Å². The number of sulfone groups is 1. The van der Waals surface area contributed by atoms with Gasteiger partial charge in [0, 0.05) is 18.3 Å². The average molecular weight is 309 g/mol. The van der Waals surface area contributed by atoms with Crippen molar-refractivity contribution in [2.45, 2.75) is 11.3 Å². The van der Waals surface area contributed by atoms with Crippen LogP contribution in [0, 0.1) is 5.82 Å². The zero-order valence-electron chi connectivity index (χ0n) is 10.9. The van der Waals surface area contributed by atoms with Crippen molar-refractivity contribution in [3.8, 4) is 0 Å². The lowest BCUT2D eigenvalue weighted by atomic mass is 10.2. The normalized spacial score (nSPS) is 11.3. The van der Waals surface area contributed by atoms with Crippen molar-refractivity contribution in [2.24, 2.45) is 0 Å². The van der Waals surface area contributed by atoms with E-state index < -0.39 is 26.5 Å². The molecule has 0 fully saturated rings. The van der Waals surface area contributed by atoms with E-state index in [9.17, 15) is 17.6 Å². The SMILES string of the molecule is O=C(O)c1ccc(S(=O)(=O)CCc2ccccn2)c(F)c1. The number of carbonyl (C=O) groups is 1. The molecule has 0 bridgehead atoms. The van der Waals surface area contributed by atoms with Crippen molar-refractivity contribution in [3.05, 3.63) is 59.7 Å². The number of halogens is 1. The van der Waals surface area contributed by atoms with E-state index in [4.69, 9.17) is 5.11 Å². The Bertz CT molecular complexity index is 760. The molecule has 0 aliphatic heterocycles. The second-order valence-electron chi connectivity index (χ2n) is 4.34. The van der Waals surface area contributed by atoms with Gasteiger partial charge in [-0.2, -0.15) is 0 Å². The number of rotatable bonds is 5. The summed E-state index contributed by atoms with van der Waals surface area (Å²) in [5, 5.41) is 8.73. The summed E-state index contributed by atoms with van der Waals surface area (Å²) in [5.41, 5.74) is 0.291. The van der Waals surface area contributed by atoms with E-state index in [1.54, 1.807) is 24.4 Å². The molecule has 21 heavy (non-hydrogen) atoms. The molecule has 0 amide bonds. The Morgan fingerprint density at radius 3 is 2.57 bits per heavy atom. The number of carboxylic acid groups (broad SMARTS) is 1. The Hall–Kier alpha value is -2.28. The molecule has 2 aromatic rings. The molecule has 0 atom stereocenters. The van der Waals surface area contributed by atoms with Crippen LogP contribution in [0.5, 0.6) is 0 Å². The van der Waals surface area contributed by atoms with Gasteiger partial charge in [-0.3, -0.25) is 4.98 Å². The maximum atomic E-state index is 13.8. The first-order chi connectivity index (χ1) is 9.90. The number of hydrogen-bond acceptors (Lipinski definition) is 4. The summed E-state index contributed by atoms with van der Waals surface area (Å²) in [6, 6.07) is 7.88. The minimum absolute atomic E-state index is 0.156. The number of aromatic nitrogens is 1. The van der Waals surface area contributed by atoms with E-state index in [0.29, 0.717) is 11.8 Å². The van der Waals surface area contributed by atoms with Crippen molar-refractivity contribution >= 4 is 15.8 Å². The summed E-state index contributed by atoms with van der Waals surface area (Å²) in [4.78, 5) is 14.2. The van der Waals surface area contributed by atoms with Crippen molar-refractivity contribution in [1.29, 1.82) is 0 Å². The van der Waals surface area contributed by atoms with Crippen LogP contribution in [0.25, 0.3) is 0 Å². The lowest BCUT2D eigenvalue weighted by Gasteiger charge is -2.06. The molecule has 110 valence electrons. The van der Waals surface area contributed by atoms with Crippen LogP contribution in [0.1, 0.15) is 16.1 Å². The number of aryl methyl sites for hydroxylation is 1. The fourth-order valence-electron chi connectivity index (χ4n) is 1.78. The highest BCUT2D eigenvalue weighted by molar-refractivity contribution is 7.91. The van der Waals surface area contributed by atoms with Crippen molar-refractivity contribution in [3.63, 3.8) is 0 Å². The van der Waals surface area contributed by atoms with Crippen LogP contribution in [0.15, 0.2) is 47.5 Å². The van der Waals surface area contributed by atoms with E-state index in [1.165, 1.54) is 0 Å². The number of aromatic carboxylic acids is 1. The average Bonchev–Trinajstić information content (AvgIpc) is 2.46. The van der Waals surface area contributed by atoms with Gasteiger partial charge in [-0.15, -0.1) is 0 Å². The van der Waals surface area contributed by atoms with Gasteiger partial charge >= 0.3 is 5.97 Å². The molecule has 0 saturated carbocycles. The Kier molecular flexibility index (Phi) is 4.32. The van der Waals surface area contributed by atoms with Crippen LogP contribution in [0.3, 0.4) is 0 Å². The molecule has 0 saturated heterocycles. The summed E-state index contributed by atoms with van der Waals surface area (Å²) in [7, 11) is -3.84. The highest BCUT2D eigenvalue weighted by atomic mass is 32.2. The summed E-state index contributed by atoms with van der Waals surface area (Å²) in [6.07, 6.45) is 1.70. The number of hydrogen-bond donors (Lipinski definition) is 1. The fourth-order valence-corrected chi connectivity index (χ4v) is 3.11. The molecule has 7 heteroatoms. The molecule has 2 rings (SSSR count). The molecule has 5 nitrogen and oxygen atoms in total. The Labute approximate surface area is 121 Å². The maximum Gasteiger partial charge on any atom is 0.335 e. The zero-order chi connectivity index (χ0) is 15.5. The van der Waals surface area contributed by atoms with E-state index in [0.717, 1.165) is 12.1 Å². The molecule has 1 N–H and O–H groups in total. The van der Waals surface area contributed by atoms with Crippen LogP contribution in [-0.4, -0.2) is 30.2 Å². The van der Waals surface area contributed by atoms with Gasteiger partial charge in [0.25, 0.3) is 0 Å². The van der Waals surface area contributed by atoms with Crippen LogP contribution < -0.4 is 0 Å². The molecule has 1 aromatic heterocycles. The molecule has 0 unspecified atom stereocenters. The Morgan fingerprint density at radius 2 is 2.00 bits per heavy atom. The van der Waals surface area contributed by atoms with Crippen molar-refractivity contribution in [2.75, 3.05) is 5.75 Å². The topological polar surface area (TPSA) is 84.3 Å². The first kappa shape index (κ1) is 15.1. The Morgan fingerprint density at radius 1 is 1.24 bits per heavy atom. The van der Waals surface area contributed by atoms with E-state index >= 15 is 0 Å². The van der Waals surface area contributed by atoms with Gasteiger partial charge in [0.05, 0.1) is 11.3 Å². The molecular formula is C14H12FNO4S. The van der Waals surface area contributed by atoms with E-state index in [2.05, 4.69) is 4.98 Å². The standard InChI is InChI=1S/C14H12FNO4S/c15-12-9-10(14(17)18)4-5-13(12)21(19,20)8-6-11-3-1-2-7-16-11/h1-5,7,9H,6,8H2,(H,17,18). The minimum atomic E-state index is -3.84. The summed E-state index contributed by atoms with van der Waals surface area (Å²) >= 11 is 0. The summed E-state index contributed by atoms with van der Waals surface area (Å²) in [6.45, 7) is 0.